The van der Waals surface area contributed by atoms with Crippen molar-refractivity contribution in [3.63, 3.8) is 0 Å². The number of pyridine rings is 1. The lowest BCUT2D eigenvalue weighted by Gasteiger charge is -2.50. The number of hydrogen-bond donors (Lipinski definition) is 1. The topological polar surface area (TPSA) is 68.3 Å². The number of nitrogens with zero attached hydrogens (tertiary/aromatic N) is 2. The zero-order chi connectivity index (χ0) is 18.5. The zero-order valence-corrected chi connectivity index (χ0v) is 15.4. The minimum absolute atomic E-state index is 0.115. The highest BCUT2D eigenvalue weighted by atomic mass is 16.2. The van der Waals surface area contributed by atoms with E-state index in [-0.39, 0.29) is 16.5 Å². The van der Waals surface area contributed by atoms with Crippen molar-refractivity contribution >= 4 is 5.91 Å². The van der Waals surface area contributed by atoms with Gasteiger partial charge in [0.05, 0.1) is 11.1 Å². The maximum absolute atomic E-state index is 13.3. The van der Waals surface area contributed by atoms with E-state index in [1.165, 1.54) is 11.1 Å². The minimum Gasteiger partial charge on any atom is -0.365 e. The number of hydrogen-bond acceptors (Lipinski definition) is 3. The van der Waals surface area contributed by atoms with Gasteiger partial charge in [-0.1, -0.05) is 31.5 Å². The third-order valence-electron chi connectivity index (χ3n) is 7.79. The summed E-state index contributed by atoms with van der Waals surface area (Å²) in [6.45, 7) is 4.44. The number of carbonyl (C=O) groups is 1. The Balaban J connectivity index is 1.79. The summed E-state index contributed by atoms with van der Waals surface area (Å²) >= 11 is 0. The number of primary amides is 1. The fourth-order valence-electron chi connectivity index (χ4n) is 6.73. The van der Waals surface area contributed by atoms with Crippen LogP contribution in [0.2, 0.25) is 0 Å². The number of aromatic nitrogens is 1. The molecule has 27 heavy (non-hydrogen) atoms. The van der Waals surface area contributed by atoms with E-state index in [1.54, 1.807) is 0 Å². The van der Waals surface area contributed by atoms with Crippen molar-refractivity contribution in [2.45, 2.75) is 43.6 Å². The van der Waals surface area contributed by atoms with Gasteiger partial charge in [0.15, 0.2) is 0 Å². The molecule has 0 saturated carbocycles. The fraction of sp³-hybridized carbons (Fsp3) is 0.455. The van der Waals surface area contributed by atoms with Gasteiger partial charge in [0.25, 0.3) is 11.5 Å². The molecule has 4 aliphatic rings. The number of amides is 1. The largest absolute Gasteiger partial charge is 0.365 e. The monoisotopic (exact) mass is 361 g/mol. The lowest BCUT2D eigenvalue weighted by atomic mass is 9.60. The van der Waals surface area contributed by atoms with E-state index in [9.17, 15) is 9.59 Å². The molecule has 4 atom stereocenters. The average molecular weight is 361 g/mol. The van der Waals surface area contributed by atoms with Crippen molar-refractivity contribution in [2.75, 3.05) is 13.1 Å². The SMILES string of the molecule is CC[C@@H]1CN2CC[C@]34c5ccccc5-n5c3c(cc(C(N)=O)c5=O)[C@H]1C[C@H]24. The molecule has 0 unspecified atom stereocenters. The Hall–Kier alpha value is -2.40. The average Bonchev–Trinajstić information content (AvgIpc) is 3.21. The maximum Gasteiger partial charge on any atom is 0.268 e. The lowest BCUT2D eigenvalue weighted by Crippen LogP contribution is -2.54. The van der Waals surface area contributed by atoms with Gasteiger partial charge in [-0.05, 0) is 54.5 Å². The molecule has 1 spiro atoms. The van der Waals surface area contributed by atoms with E-state index in [0.717, 1.165) is 43.7 Å². The first-order chi connectivity index (χ1) is 13.1. The Morgan fingerprint density at radius 2 is 2.15 bits per heavy atom. The number of nitrogens with two attached hydrogens (primary N) is 1. The highest BCUT2D eigenvalue weighted by molar-refractivity contribution is 5.93. The first-order valence-electron chi connectivity index (χ1n) is 10.0. The third-order valence-corrected chi connectivity index (χ3v) is 7.79. The van der Waals surface area contributed by atoms with Crippen molar-refractivity contribution in [3.8, 4) is 5.69 Å². The van der Waals surface area contributed by atoms with Gasteiger partial charge < -0.3 is 5.73 Å². The molecular formula is C22H23N3O2. The van der Waals surface area contributed by atoms with E-state index >= 15 is 0 Å². The Labute approximate surface area is 157 Å². The Morgan fingerprint density at radius 1 is 1.33 bits per heavy atom. The number of piperidine rings is 1. The quantitative estimate of drug-likeness (QED) is 0.891. The van der Waals surface area contributed by atoms with Crippen LogP contribution in [0.5, 0.6) is 0 Å². The summed E-state index contributed by atoms with van der Waals surface area (Å²) in [4.78, 5) is 28.0. The van der Waals surface area contributed by atoms with Gasteiger partial charge in [0, 0.05) is 18.3 Å². The third kappa shape index (κ3) is 1.61. The predicted molar refractivity (Wildman–Crippen MR) is 102 cm³/mol. The Bertz CT molecular complexity index is 1070. The summed E-state index contributed by atoms with van der Waals surface area (Å²) < 4.78 is 1.84. The van der Waals surface area contributed by atoms with Gasteiger partial charge >= 0.3 is 0 Å². The normalized spacial score (nSPS) is 32.3. The van der Waals surface area contributed by atoms with Gasteiger partial charge in [0.2, 0.25) is 0 Å². The van der Waals surface area contributed by atoms with Gasteiger partial charge in [-0.3, -0.25) is 19.1 Å². The van der Waals surface area contributed by atoms with E-state index in [4.69, 9.17) is 5.73 Å². The number of benzene rings is 1. The number of carbonyl (C=O) groups excluding carboxylic acids is 1. The predicted octanol–water partition coefficient (Wildman–Crippen LogP) is 2.14. The molecule has 5 nitrogen and oxygen atoms in total. The lowest BCUT2D eigenvalue weighted by molar-refractivity contribution is 0.0899. The number of fused-ring (bicyclic) bond motifs is 4. The smallest absolute Gasteiger partial charge is 0.268 e. The summed E-state index contributed by atoms with van der Waals surface area (Å²) in [6, 6.07) is 10.6. The summed E-state index contributed by atoms with van der Waals surface area (Å²) in [7, 11) is 0. The second-order valence-corrected chi connectivity index (χ2v) is 8.63. The van der Waals surface area contributed by atoms with Gasteiger partial charge in [-0.15, -0.1) is 0 Å². The molecule has 4 heterocycles. The van der Waals surface area contributed by atoms with Crippen LogP contribution in [-0.4, -0.2) is 34.5 Å². The van der Waals surface area contributed by atoms with Crippen LogP contribution in [-0.2, 0) is 5.41 Å². The van der Waals surface area contributed by atoms with E-state index in [2.05, 4.69) is 24.0 Å². The summed E-state index contributed by atoms with van der Waals surface area (Å²) in [5, 5.41) is 0. The van der Waals surface area contributed by atoms with Crippen molar-refractivity contribution < 1.29 is 4.79 Å². The van der Waals surface area contributed by atoms with E-state index in [0.29, 0.717) is 17.9 Å². The number of para-hydroxylation sites is 1. The van der Waals surface area contributed by atoms with Gasteiger partial charge in [-0.2, -0.15) is 0 Å². The highest BCUT2D eigenvalue weighted by Gasteiger charge is 2.62. The van der Waals surface area contributed by atoms with Crippen LogP contribution in [0.25, 0.3) is 5.69 Å². The molecule has 1 aromatic carbocycles. The molecule has 1 aliphatic carbocycles. The summed E-state index contributed by atoms with van der Waals surface area (Å²) in [5.74, 6) is 0.338. The molecule has 1 amide bonds. The molecule has 2 aromatic rings. The minimum atomic E-state index is -0.621. The first kappa shape index (κ1) is 15.6. The summed E-state index contributed by atoms with van der Waals surface area (Å²) in [6.07, 6.45) is 3.26. The molecular weight excluding hydrogens is 338 g/mol. The molecule has 2 saturated heterocycles. The molecule has 2 fully saturated rings. The standard InChI is InChI=1S/C22H23N3O2/c1-2-12-11-24-8-7-22-16-5-3-4-6-17(16)25-19(22)14(13(12)10-18(22)24)9-15(20(23)26)21(25)27/h3-6,9,12-13,18H,2,7-8,10-11H2,1H3,(H2,23,26)/t12-,13+,18+,22-/m1/s1. The van der Waals surface area contributed by atoms with Gasteiger partial charge in [0.1, 0.15) is 5.56 Å². The maximum atomic E-state index is 13.3. The van der Waals surface area contributed by atoms with Crippen molar-refractivity contribution in [1.29, 1.82) is 0 Å². The van der Waals surface area contributed by atoms with Crippen molar-refractivity contribution in [3.05, 3.63) is 63.1 Å². The fourth-order valence-corrected chi connectivity index (χ4v) is 6.73. The Morgan fingerprint density at radius 3 is 2.93 bits per heavy atom. The van der Waals surface area contributed by atoms with Crippen LogP contribution in [0, 0.1) is 5.92 Å². The van der Waals surface area contributed by atoms with Crippen LogP contribution < -0.4 is 11.3 Å². The van der Waals surface area contributed by atoms with E-state index in [1.807, 2.05) is 22.8 Å². The van der Waals surface area contributed by atoms with Gasteiger partial charge in [-0.25, -0.2) is 0 Å². The van der Waals surface area contributed by atoms with E-state index < -0.39 is 5.91 Å². The van der Waals surface area contributed by atoms with Crippen LogP contribution in [0.4, 0.5) is 0 Å². The second-order valence-electron chi connectivity index (χ2n) is 8.63. The van der Waals surface area contributed by atoms with Crippen LogP contribution in [0.3, 0.4) is 0 Å². The van der Waals surface area contributed by atoms with Crippen molar-refractivity contribution in [2.24, 2.45) is 11.7 Å². The van der Waals surface area contributed by atoms with Crippen LogP contribution >= 0.6 is 0 Å². The molecule has 138 valence electrons. The first-order valence-corrected chi connectivity index (χ1v) is 10.0. The highest BCUT2D eigenvalue weighted by Crippen LogP contribution is 2.61. The zero-order valence-electron chi connectivity index (χ0n) is 15.4. The molecule has 5 heteroatoms. The molecule has 2 N–H and O–H groups in total. The second kappa shape index (κ2) is 4.90. The van der Waals surface area contributed by atoms with Crippen LogP contribution in [0.15, 0.2) is 35.1 Å². The van der Waals surface area contributed by atoms with Crippen molar-refractivity contribution in [1.82, 2.24) is 9.47 Å². The Kier molecular flexibility index (Phi) is 2.84. The molecule has 3 aliphatic heterocycles. The van der Waals surface area contributed by atoms with Crippen LogP contribution in [0.1, 0.15) is 59.3 Å². The summed E-state index contributed by atoms with van der Waals surface area (Å²) in [5.41, 5.74) is 9.94. The molecule has 6 rings (SSSR count). The number of rotatable bonds is 2. The molecule has 0 radical (unpaired) electrons. The molecule has 2 bridgehead atoms. The molecule has 1 aromatic heterocycles.